The maximum atomic E-state index is 13.4. The molecule has 0 bridgehead atoms. The van der Waals surface area contributed by atoms with Crippen molar-refractivity contribution in [1.29, 1.82) is 5.26 Å². The lowest BCUT2D eigenvalue weighted by Crippen LogP contribution is -2.48. The van der Waals surface area contributed by atoms with Crippen molar-refractivity contribution in [3.05, 3.63) is 141 Å². The van der Waals surface area contributed by atoms with Crippen LogP contribution in [0.15, 0.2) is 113 Å². The number of ether oxygens (including phenoxy) is 2. The lowest BCUT2D eigenvalue weighted by atomic mass is 9.98. The first-order valence-corrected chi connectivity index (χ1v) is 24.3. The standard InChI is InChI=1S/C53H54N12O7/c1-35-45-26-41(8-9-44(45)53(70)65(58-35)47-11-12-48(66)57-52(47)69)62-22-20-60(21-23-62)31-42-16-17-61(34-72-42)32-50(68)63-18-14-36(15-19-63)33-71-43-28-55-51(56-29-43)40-7-3-5-38(25-40)30-64-49(67)13-10-46(59-64)39-6-2-4-37(24-39)27-54/h2-10,13,16,24-26,28-29,36,47H,11-12,14-15,17-23,30-34H2,1H3,(H,57,66,69). The summed E-state index contributed by atoms with van der Waals surface area (Å²) < 4.78 is 14.9. The number of likely N-dealkylation sites (tertiary alicyclic amines) is 1. The smallest absolute Gasteiger partial charge is 0.275 e. The summed E-state index contributed by atoms with van der Waals surface area (Å²) in [7, 11) is 0. The highest BCUT2D eigenvalue weighted by atomic mass is 16.5. The van der Waals surface area contributed by atoms with Gasteiger partial charge in [0.1, 0.15) is 18.5 Å². The summed E-state index contributed by atoms with van der Waals surface area (Å²) in [4.78, 5) is 81.4. The number of fused-ring (bicyclic) bond motifs is 1. The summed E-state index contributed by atoms with van der Waals surface area (Å²) in [6, 6.07) is 25.0. The predicted molar refractivity (Wildman–Crippen MR) is 266 cm³/mol. The first kappa shape index (κ1) is 47.6. The van der Waals surface area contributed by atoms with Gasteiger partial charge in [-0.3, -0.25) is 39.1 Å². The Morgan fingerprint density at radius 1 is 0.833 bits per heavy atom. The normalized spacial score (nSPS) is 18.1. The van der Waals surface area contributed by atoms with Gasteiger partial charge in [0, 0.05) is 80.5 Å². The maximum Gasteiger partial charge on any atom is 0.275 e. The zero-order valence-corrected chi connectivity index (χ0v) is 40.0. The molecule has 3 aromatic heterocycles. The number of imide groups is 1. The molecule has 4 aliphatic heterocycles. The van der Waals surface area contributed by atoms with Gasteiger partial charge >= 0.3 is 0 Å². The summed E-state index contributed by atoms with van der Waals surface area (Å²) in [5, 5.41) is 21.9. The Kier molecular flexibility index (Phi) is 13.9. The molecule has 72 heavy (non-hydrogen) atoms. The second-order valence-corrected chi connectivity index (χ2v) is 18.7. The second-order valence-electron chi connectivity index (χ2n) is 18.7. The van der Waals surface area contributed by atoms with Gasteiger partial charge in [0.15, 0.2) is 11.6 Å². The molecule has 19 nitrogen and oxygen atoms in total. The molecule has 3 saturated heterocycles. The van der Waals surface area contributed by atoms with Crippen molar-refractivity contribution in [2.24, 2.45) is 5.92 Å². The van der Waals surface area contributed by atoms with Gasteiger partial charge in [-0.1, -0.05) is 30.3 Å². The number of benzene rings is 3. The van der Waals surface area contributed by atoms with Crippen LogP contribution in [0.4, 0.5) is 5.69 Å². The van der Waals surface area contributed by atoms with E-state index in [-0.39, 0.29) is 42.3 Å². The Morgan fingerprint density at radius 3 is 2.39 bits per heavy atom. The number of hydrogen-bond donors (Lipinski definition) is 1. The zero-order chi connectivity index (χ0) is 49.7. The van der Waals surface area contributed by atoms with E-state index < -0.39 is 11.9 Å². The van der Waals surface area contributed by atoms with Crippen molar-refractivity contribution < 1.29 is 23.9 Å². The summed E-state index contributed by atoms with van der Waals surface area (Å²) in [6.45, 7) is 9.17. The lowest BCUT2D eigenvalue weighted by molar-refractivity contribution is -0.136. The van der Waals surface area contributed by atoms with Crippen LogP contribution < -0.4 is 26.1 Å². The van der Waals surface area contributed by atoms with Gasteiger partial charge in [-0.25, -0.2) is 19.3 Å². The number of carbonyl (C=O) groups excluding carboxylic acids is 3. The van der Waals surface area contributed by atoms with E-state index >= 15 is 0 Å². The van der Waals surface area contributed by atoms with Crippen LogP contribution in [0.3, 0.4) is 0 Å². The molecule has 0 spiro atoms. The van der Waals surface area contributed by atoms with Crippen molar-refractivity contribution >= 4 is 34.2 Å². The van der Waals surface area contributed by atoms with Crippen LogP contribution in [-0.4, -0.2) is 134 Å². The van der Waals surface area contributed by atoms with Crippen LogP contribution in [0.5, 0.6) is 5.75 Å². The van der Waals surface area contributed by atoms with Crippen LogP contribution in [0.1, 0.15) is 48.5 Å². The average molecular weight is 971 g/mol. The van der Waals surface area contributed by atoms with E-state index in [2.05, 4.69) is 47.4 Å². The summed E-state index contributed by atoms with van der Waals surface area (Å²) >= 11 is 0. The SMILES string of the molecule is Cc1nn(C2CCC(=O)NC2=O)c(=O)c2ccc(N3CCN(CC4=CCN(CC(=O)N5CCC(COc6cnc(-c7cccc(Cn8nc(-c9cccc(C#N)c9)ccc8=O)c7)nc6)CC5)CO4)CC3)cc12. The summed E-state index contributed by atoms with van der Waals surface area (Å²) in [5.41, 5.74) is 4.59. The van der Waals surface area contributed by atoms with Crippen molar-refractivity contribution in [2.75, 3.05) is 77.1 Å². The number of rotatable bonds is 13. The number of aryl methyl sites for hydroxylation is 1. The van der Waals surface area contributed by atoms with Gasteiger partial charge in [-0.15, -0.1) is 0 Å². The Bertz CT molecular complexity index is 3220. The fourth-order valence-electron chi connectivity index (χ4n) is 9.69. The molecule has 3 aromatic carbocycles. The topological polar surface area (TPSA) is 214 Å². The number of piperazine rings is 1. The highest BCUT2D eigenvalue weighted by Crippen LogP contribution is 2.27. The number of nitrogens with zero attached hydrogens (tertiary/aromatic N) is 11. The molecule has 3 amide bonds. The van der Waals surface area contributed by atoms with Crippen LogP contribution in [0.25, 0.3) is 33.4 Å². The Balaban J connectivity index is 0.639. The van der Waals surface area contributed by atoms with Gasteiger partial charge in [-0.2, -0.15) is 15.5 Å². The van der Waals surface area contributed by atoms with Crippen LogP contribution in [0.2, 0.25) is 0 Å². The Labute approximate surface area is 414 Å². The van der Waals surface area contributed by atoms with Crippen LogP contribution in [-0.2, 0) is 25.7 Å². The fourth-order valence-corrected chi connectivity index (χ4v) is 9.69. The lowest BCUT2D eigenvalue weighted by Gasteiger charge is -2.37. The number of hydrogen-bond acceptors (Lipinski definition) is 15. The predicted octanol–water partition coefficient (Wildman–Crippen LogP) is 3.90. The third-order valence-electron chi connectivity index (χ3n) is 13.8. The number of aromatic nitrogens is 6. The van der Waals surface area contributed by atoms with Crippen molar-refractivity contribution in [2.45, 2.75) is 45.2 Å². The van der Waals surface area contributed by atoms with E-state index in [4.69, 9.17) is 9.47 Å². The highest BCUT2D eigenvalue weighted by Gasteiger charge is 2.31. The van der Waals surface area contributed by atoms with Crippen molar-refractivity contribution in [3.63, 3.8) is 0 Å². The molecule has 6 aromatic rings. The van der Waals surface area contributed by atoms with Crippen molar-refractivity contribution in [3.8, 4) is 34.5 Å². The largest absolute Gasteiger partial charge is 0.490 e. The molecule has 0 saturated carbocycles. The molecule has 4 aliphatic rings. The molecule has 0 aliphatic carbocycles. The highest BCUT2D eigenvalue weighted by molar-refractivity contribution is 5.99. The molecule has 1 N–H and O–H groups in total. The third kappa shape index (κ3) is 10.8. The molecule has 7 heterocycles. The Morgan fingerprint density at radius 2 is 1.62 bits per heavy atom. The minimum atomic E-state index is -0.808. The van der Waals surface area contributed by atoms with Crippen LogP contribution >= 0.6 is 0 Å². The molecule has 3 fully saturated rings. The van der Waals surface area contributed by atoms with Crippen molar-refractivity contribution in [1.82, 2.24) is 49.5 Å². The minimum Gasteiger partial charge on any atom is -0.490 e. The molecular weight excluding hydrogens is 917 g/mol. The van der Waals surface area contributed by atoms with E-state index in [1.54, 1.807) is 36.7 Å². The molecule has 0 radical (unpaired) electrons. The maximum absolute atomic E-state index is 13.4. The van der Waals surface area contributed by atoms with Gasteiger partial charge < -0.3 is 19.3 Å². The van der Waals surface area contributed by atoms with E-state index in [1.165, 1.54) is 15.4 Å². The van der Waals surface area contributed by atoms with E-state index in [0.29, 0.717) is 85.9 Å². The van der Waals surface area contributed by atoms with Gasteiger partial charge in [0.25, 0.3) is 17.0 Å². The summed E-state index contributed by atoms with van der Waals surface area (Å²) in [5.74, 6) is 1.56. The van der Waals surface area contributed by atoms with Crippen LogP contribution in [0, 0.1) is 24.2 Å². The summed E-state index contributed by atoms with van der Waals surface area (Å²) in [6.07, 6.45) is 7.50. The number of nitriles is 1. The number of carbonyl (C=O) groups is 3. The third-order valence-corrected chi connectivity index (χ3v) is 13.8. The van der Waals surface area contributed by atoms with Gasteiger partial charge in [0.2, 0.25) is 11.8 Å². The minimum absolute atomic E-state index is 0.0952. The van der Waals surface area contributed by atoms with E-state index in [1.807, 2.05) is 65.3 Å². The first-order valence-electron chi connectivity index (χ1n) is 24.3. The molecule has 368 valence electrons. The number of piperidine rings is 2. The van der Waals surface area contributed by atoms with Gasteiger partial charge in [0.05, 0.1) is 67.0 Å². The molecule has 19 heteroatoms. The zero-order valence-electron chi connectivity index (χ0n) is 40.0. The number of anilines is 1. The molecule has 1 unspecified atom stereocenters. The van der Waals surface area contributed by atoms with E-state index in [9.17, 15) is 29.2 Å². The average Bonchev–Trinajstić information content (AvgIpc) is 3.41. The van der Waals surface area contributed by atoms with Gasteiger partial charge in [-0.05, 0) is 86.2 Å². The first-order chi connectivity index (χ1) is 35.0. The number of nitrogens with one attached hydrogen (secondary N) is 1. The fraction of sp³-hybridized carbons (Fsp3) is 0.358. The Hall–Kier alpha value is -8.08. The molecule has 1 atom stereocenters. The number of amides is 3. The monoisotopic (exact) mass is 970 g/mol. The quantitative estimate of drug-likeness (QED) is 0.163. The molecule has 10 rings (SSSR count). The van der Waals surface area contributed by atoms with E-state index in [0.717, 1.165) is 72.5 Å². The second kappa shape index (κ2) is 21.1. The molecular formula is C53H54N12O7.